The predicted octanol–water partition coefficient (Wildman–Crippen LogP) is 20.7. The van der Waals surface area contributed by atoms with Gasteiger partial charge in [0, 0.05) is 84.6 Å². The van der Waals surface area contributed by atoms with Crippen LogP contribution in [0.25, 0.3) is 74.9 Å². The average Bonchev–Trinajstić information content (AvgIpc) is 1.51. The quantitative estimate of drug-likeness (QED) is 0.142. The van der Waals surface area contributed by atoms with Gasteiger partial charge in [0.15, 0.2) is 0 Å². The van der Waals surface area contributed by atoms with Gasteiger partial charge in [0.25, 0.3) is 0 Å². The summed E-state index contributed by atoms with van der Waals surface area (Å²) in [5.41, 5.74) is 8.95. The molecule has 12 rings (SSSR count). The van der Waals surface area contributed by atoms with E-state index in [1.807, 2.05) is 122 Å². The van der Waals surface area contributed by atoms with E-state index in [0.29, 0.717) is 51.0 Å². The van der Waals surface area contributed by atoms with Crippen molar-refractivity contribution in [2.24, 2.45) is 5.41 Å². The largest absolute Gasteiger partial charge is 0.509 e. The molecule has 8 aromatic carbocycles. The molecular weight excluding hydrogens is 1180 g/mol. The number of thiophene rings is 1. The van der Waals surface area contributed by atoms with E-state index in [1.54, 1.807) is 17.4 Å². The van der Waals surface area contributed by atoms with E-state index in [-0.39, 0.29) is 55.7 Å². The van der Waals surface area contributed by atoms with E-state index < -0.39 is 35.3 Å². The molecule has 0 atom stereocenters. The molecule has 6 nitrogen and oxygen atoms in total. The van der Waals surface area contributed by atoms with Crippen molar-refractivity contribution in [3.05, 3.63) is 216 Å². The van der Waals surface area contributed by atoms with Gasteiger partial charge in [-0.25, -0.2) is 9.83 Å². The standard InChI is InChI=1S/C72H66N5OS.Pt/c1-69(2,3)43-45-33-34-74-64(35-45)77-62-32-31-55-54-25-20-26-59(73-13)67(54)79-68(55)65(62)56-30-29-53(42-63(56)77)78-52-24-19-23-51(41-52)75-44-76(61-28-18-17-27-60(61)75)66-57(46-21-15-14-16-22-46)39-50(72(10,11)12)40-58(66)47-36-48(70(4,5)6)38-49(37-47)71(7,8)9;/h14-40,44H,43H2,1-12H3;/q-3;/i14D,15D,16D,21D,22D,34D,43D2;. The first-order chi connectivity index (χ1) is 40.8. The average molecular weight is 1250 g/mol. The Morgan fingerprint density at radius 3 is 1.94 bits per heavy atom. The summed E-state index contributed by atoms with van der Waals surface area (Å²) in [7, 11) is 0. The molecule has 0 saturated carbocycles. The van der Waals surface area contributed by atoms with Crippen LogP contribution in [0.2, 0.25) is 0 Å². The Bertz CT molecular complexity index is 4670. The van der Waals surface area contributed by atoms with Crippen LogP contribution in [0, 0.1) is 30.8 Å². The fraction of sp³-hybridized carbons (Fsp3) is 0.236. The zero-order chi connectivity index (χ0) is 62.4. The molecule has 4 heterocycles. The maximum atomic E-state index is 9.50. The van der Waals surface area contributed by atoms with Crippen LogP contribution in [-0.4, -0.2) is 9.55 Å². The van der Waals surface area contributed by atoms with E-state index >= 15 is 0 Å². The number of rotatable bonds is 8. The van der Waals surface area contributed by atoms with Crippen molar-refractivity contribution >= 4 is 81.8 Å². The van der Waals surface area contributed by atoms with Crippen molar-refractivity contribution in [1.82, 2.24) is 9.55 Å². The Kier molecular flexibility index (Phi) is 11.5. The van der Waals surface area contributed by atoms with Gasteiger partial charge < -0.3 is 19.1 Å². The molecule has 0 fully saturated rings. The van der Waals surface area contributed by atoms with Crippen LogP contribution >= 0.6 is 11.3 Å². The van der Waals surface area contributed by atoms with Gasteiger partial charge in [0.05, 0.1) is 14.8 Å². The molecule has 404 valence electrons. The molecule has 0 unspecified atom stereocenters. The summed E-state index contributed by atoms with van der Waals surface area (Å²) in [6.07, 6.45) is -1.90. The summed E-state index contributed by atoms with van der Waals surface area (Å²) in [4.78, 5) is 12.7. The fourth-order valence-corrected chi connectivity index (χ4v) is 12.0. The van der Waals surface area contributed by atoms with Crippen LogP contribution in [0.15, 0.2) is 164 Å². The van der Waals surface area contributed by atoms with Gasteiger partial charge in [-0.2, -0.15) is 12.1 Å². The summed E-state index contributed by atoms with van der Waals surface area (Å²) in [6.45, 7) is 35.1. The number of nitrogens with zero attached hydrogens (tertiary/aromatic N) is 5. The van der Waals surface area contributed by atoms with Crippen LogP contribution in [0.5, 0.6) is 11.5 Å². The molecule has 0 amide bonds. The number of hydrogen-bond acceptors (Lipinski definition) is 5. The molecule has 0 radical (unpaired) electrons. The normalized spacial score (nSPS) is 14.7. The number of para-hydroxylation sites is 2. The first kappa shape index (κ1) is 45.3. The van der Waals surface area contributed by atoms with Gasteiger partial charge >= 0.3 is 0 Å². The van der Waals surface area contributed by atoms with E-state index in [9.17, 15) is 5.48 Å². The van der Waals surface area contributed by atoms with Crippen molar-refractivity contribution in [3.63, 3.8) is 0 Å². The van der Waals surface area contributed by atoms with E-state index in [1.165, 1.54) is 6.07 Å². The zero-order valence-electron chi connectivity index (χ0n) is 55.1. The molecular formula is C72H66N5OPtS-3. The van der Waals surface area contributed by atoms with E-state index in [2.05, 4.69) is 115 Å². The number of aromatic nitrogens is 2. The van der Waals surface area contributed by atoms with Crippen LogP contribution in [0.1, 0.15) is 116 Å². The summed E-state index contributed by atoms with van der Waals surface area (Å²) < 4.78 is 83.6. The Balaban J connectivity index is 0.00000800. The molecule has 0 spiro atoms. The Morgan fingerprint density at radius 1 is 0.637 bits per heavy atom. The summed E-state index contributed by atoms with van der Waals surface area (Å²) in [5, 5.41) is 3.71. The third-order valence-electron chi connectivity index (χ3n) is 14.6. The molecule has 0 bridgehead atoms. The molecule has 11 aromatic rings. The van der Waals surface area contributed by atoms with E-state index in [4.69, 9.17) is 21.8 Å². The second kappa shape index (κ2) is 20.2. The molecule has 0 aliphatic carbocycles. The van der Waals surface area contributed by atoms with Gasteiger partial charge in [0.1, 0.15) is 5.82 Å². The first-order valence-corrected chi connectivity index (χ1v) is 27.5. The minimum Gasteiger partial charge on any atom is -0.509 e. The second-order valence-corrected chi connectivity index (χ2v) is 25.7. The van der Waals surface area contributed by atoms with Crippen LogP contribution in [-0.2, 0) is 43.7 Å². The smallest absolute Gasteiger partial charge is 0.204 e. The minimum atomic E-state index is -1.82. The molecule has 0 N–H and O–H groups in total. The Hall–Kier alpha value is -7.49. The number of ether oxygens (including phenoxy) is 1. The fourth-order valence-electron chi connectivity index (χ4n) is 10.6. The van der Waals surface area contributed by atoms with Gasteiger partial charge in [0.2, 0.25) is 5.69 Å². The van der Waals surface area contributed by atoms with E-state index in [0.717, 1.165) is 75.7 Å². The molecule has 1 aliphatic rings. The third kappa shape index (κ3) is 10.0. The number of hydrogen-bond donors (Lipinski definition) is 0. The van der Waals surface area contributed by atoms with Crippen LogP contribution in [0.4, 0.5) is 28.4 Å². The Labute approximate surface area is 502 Å². The SMILES string of the molecule is [2H]c1cc(C([2H])([2H])C(C)(C)C)cc(-n2c3[c-]c(Oc4[c-]c(N5[CH-]N(c6c(-c7cc(C(C)(C)C)cc(C(C)(C)C)c7)cc(C(C)(C)C)cc6-c6c([2H])c([2H])c([2H])c([2H])c6[2H])c6ccccc65)ccc4)ccc3c3c4sc5c([N+]#[C-])cccc5c4ccc32)n1.[Pt]. The monoisotopic (exact) mass is 1250 g/mol. The van der Waals surface area contributed by atoms with Crippen LogP contribution in [0.3, 0.4) is 0 Å². The summed E-state index contributed by atoms with van der Waals surface area (Å²) in [6, 6.07) is 46.8. The van der Waals surface area contributed by atoms with Gasteiger partial charge in [-0.1, -0.05) is 173 Å². The number of anilines is 4. The van der Waals surface area contributed by atoms with Crippen molar-refractivity contribution < 1.29 is 36.8 Å². The second-order valence-electron chi connectivity index (χ2n) is 24.7. The number of benzene rings is 8. The Morgan fingerprint density at radius 2 is 1.26 bits per heavy atom. The maximum Gasteiger partial charge on any atom is 0.204 e. The zero-order valence-corrected chi connectivity index (χ0v) is 50.2. The van der Waals surface area contributed by atoms with Crippen molar-refractivity contribution in [1.29, 1.82) is 0 Å². The number of pyridine rings is 1. The van der Waals surface area contributed by atoms with Gasteiger partial charge in [-0.05, 0) is 120 Å². The molecule has 1 aliphatic heterocycles. The molecule has 0 saturated heterocycles. The van der Waals surface area contributed by atoms with Crippen molar-refractivity contribution in [2.45, 2.75) is 106 Å². The molecule has 80 heavy (non-hydrogen) atoms. The van der Waals surface area contributed by atoms with Crippen molar-refractivity contribution in [2.75, 3.05) is 9.80 Å². The number of fused-ring (bicyclic) bond motifs is 8. The minimum absolute atomic E-state index is 0. The summed E-state index contributed by atoms with van der Waals surface area (Å²) >= 11 is 1.56. The maximum absolute atomic E-state index is 9.50. The summed E-state index contributed by atoms with van der Waals surface area (Å²) in [5.74, 6) is 1.09. The van der Waals surface area contributed by atoms with Crippen LogP contribution < -0.4 is 14.5 Å². The van der Waals surface area contributed by atoms with Gasteiger partial charge in [-0.15, -0.1) is 59.4 Å². The predicted molar refractivity (Wildman–Crippen MR) is 334 cm³/mol. The van der Waals surface area contributed by atoms with Crippen molar-refractivity contribution in [3.8, 4) is 39.6 Å². The first-order valence-electron chi connectivity index (χ1n) is 30.7. The van der Waals surface area contributed by atoms with Gasteiger partial charge in [-0.3, -0.25) is 0 Å². The topological polar surface area (TPSA) is 37.9 Å². The molecule has 8 heteroatoms. The third-order valence-corrected chi connectivity index (χ3v) is 15.9. The molecule has 3 aromatic heterocycles.